The highest BCUT2D eigenvalue weighted by Crippen LogP contribution is 2.17. The summed E-state index contributed by atoms with van der Waals surface area (Å²) >= 11 is 0. The molecule has 7 nitrogen and oxygen atoms in total. The molecule has 1 amide bonds. The van der Waals surface area contributed by atoms with Gasteiger partial charge in [0.05, 0.1) is 25.0 Å². The Bertz CT molecular complexity index is 675. The third-order valence-electron chi connectivity index (χ3n) is 3.89. The molecule has 1 aromatic rings. The van der Waals surface area contributed by atoms with Crippen molar-refractivity contribution in [1.82, 2.24) is 9.62 Å². The van der Waals surface area contributed by atoms with Crippen molar-refractivity contribution in [3.8, 4) is 5.75 Å². The first kappa shape index (κ1) is 18.7. The zero-order valence-electron chi connectivity index (χ0n) is 14.2. The number of hydrogen-bond acceptors (Lipinski definition) is 5. The number of rotatable bonds is 7. The van der Waals surface area contributed by atoms with Crippen LogP contribution in [0.15, 0.2) is 24.3 Å². The van der Waals surface area contributed by atoms with Crippen LogP contribution in [0.3, 0.4) is 0 Å². The maximum absolute atomic E-state index is 12.1. The van der Waals surface area contributed by atoms with Crippen molar-refractivity contribution in [2.45, 2.75) is 13.0 Å². The van der Waals surface area contributed by atoms with Crippen molar-refractivity contribution >= 4 is 15.9 Å². The Morgan fingerprint density at radius 2 is 2.12 bits per heavy atom. The maximum atomic E-state index is 12.1. The predicted molar refractivity (Wildman–Crippen MR) is 90.4 cm³/mol. The van der Waals surface area contributed by atoms with Crippen LogP contribution in [-0.2, 0) is 19.6 Å². The molecule has 134 valence electrons. The lowest BCUT2D eigenvalue weighted by molar-refractivity contribution is -0.124. The van der Waals surface area contributed by atoms with Gasteiger partial charge in [0.1, 0.15) is 5.75 Å². The first-order valence-corrected chi connectivity index (χ1v) is 9.35. The van der Waals surface area contributed by atoms with Gasteiger partial charge in [0, 0.05) is 20.0 Å². The summed E-state index contributed by atoms with van der Waals surface area (Å²) in [6.45, 7) is 2.45. The van der Waals surface area contributed by atoms with Crippen molar-refractivity contribution in [2.24, 2.45) is 5.92 Å². The second-order valence-corrected chi connectivity index (χ2v) is 8.37. The molecule has 1 heterocycles. The normalized spacial score (nSPS) is 21.0. The van der Waals surface area contributed by atoms with Crippen LogP contribution >= 0.6 is 0 Å². The van der Waals surface area contributed by atoms with Gasteiger partial charge in [-0.25, -0.2) is 12.7 Å². The average molecular weight is 356 g/mol. The van der Waals surface area contributed by atoms with E-state index in [1.807, 2.05) is 25.1 Å². The summed E-state index contributed by atoms with van der Waals surface area (Å²) in [7, 11) is -0.351. The molecule has 0 aliphatic carbocycles. The molecule has 24 heavy (non-hydrogen) atoms. The van der Waals surface area contributed by atoms with Crippen molar-refractivity contribution in [2.75, 3.05) is 39.7 Å². The number of carbonyl (C=O) groups excluding carboxylic acids is 1. The fraction of sp³-hybridized carbons (Fsp3) is 0.562. The summed E-state index contributed by atoms with van der Waals surface area (Å²) in [5, 5.41) is 2.80. The Morgan fingerprint density at radius 1 is 1.38 bits per heavy atom. The van der Waals surface area contributed by atoms with Gasteiger partial charge in [0.25, 0.3) is 5.91 Å². The average Bonchev–Trinajstić information content (AvgIpc) is 2.91. The summed E-state index contributed by atoms with van der Waals surface area (Å²) in [4.78, 5) is 12.1. The van der Waals surface area contributed by atoms with Gasteiger partial charge >= 0.3 is 0 Å². The molecule has 0 bridgehead atoms. The lowest BCUT2D eigenvalue weighted by Crippen LogP contribution is -2.45. The highest BCUT2D eigenvalue weighted by molar-refractivity contribution is 7.89. The third-order valence-corrected chi connectivity index (χ3v) is 5.85. The van der Waals surface area contributed by atoms with Gasteiger partial charge < -0.3 is 14.8 Å². The fourth-order valence-corrected chi connectivity index (χ4v) is 3.61. The van der Waals surface area contributed by atoms with E-state index >= 15 is 0 Å². The van der Waals surface area contributed by atoms with Gasteiger partial charge in [0.15, 0.2) is 6.61 Å². The molecule has 2 rings (SSSR count). The van der Waals surface area contributed by atoms with E-state index in [1.54, 1.807) is 6.07 Å². The number of amides is 1. The van der Waals surface area contributed by atoms with E-state index in [4.69, 9.17) is 9.47 Å². The van der Waals surface area contributed by atoms with E-state index in [2.05, 4.69) is 5.32 Å². The molecule has 0 aromatic heterocycles. The second kappa shape index (κ2) is 7.96. The van der Waals surface area contributed by atoms with Gasteiger partial charge in [-0.05, 0) is 24.6 Å². The lowest BCUT2D eigenvalue weighted by Gasteiger charge is -2.21. The van der Waals surface area contributed by atoms with E-state index in [0.29, 0.717) is 19.0 Å². The predicted octanol–water partition coefficient (Wildman–Crippen LogP) is 0.396. The number of carbonyl (C=O) groups is 1. The first-order chi connectivity index (χ1) is 11.3. The standard InChI is InChI=1S/C16H24N2O5S/c1-12-5-4-6-14(7-12)23-10-16(19)17-15-9-22-8-13(15)11-24(20,21)18(2)3/h4-7,13,15H,8-11H2,1-3H3,(H,17,19)/t13-,15-/m0/s1. The molecule has 1 N–H and O–H groups in total. The number of aryl methyl sites for hydroxylation is 1. The Balaban J connectivity index is 1.86. The van der Waals surface area contributed by atoms with Crippen LogP contribution in [-0.4, -0.2) is 64.3 Å². The molecule has 1 aliphatic heterocycles. The monoisotopic (exact) mass is 356 g/mol. The van der Waals surface area contributed by atoms with Crippen LogP contribution in [0.4, 0.5) is 0 Å². The number of nitrogens with zero attached hydrogens (tertiary/aromatic N) is 1. The molecule has 0 unspecified atom stereocenters. The number of sulfonamides is 1. The summed E-state index contributed by atoms with van der Waals surface area (Å²) < 4.78 is 36.0. The minimum absolute atomic E-state index is 0.0519. The van der Waals surface area contributed by atoms with Crippen LogP contribution < -0.4 is 10.1 Å². The van der Waals surface area contributed by atoms with Gasteiger partial charge in [-0.15, -0.1) is 0 Å². The molecule has 1 fully saturated rings. The van der Waals surface area contributed by atoms with Crippen molar-refractivity contribution in [3.63, 3.8) is 0 Å². The zero-order valence-corrected chi connectivity index (χ0v) is 15.0. The van der Waals surface area contributed by atoms with E-state index in [0.717, 1.165) is 5.56 Å². The van der Waals surface area contributed by atoms with Gasteiger partial charge in [0.2, 0.25) is 10.0 Å². The number of benzene rings is 1. The van der Waals surface area contributed by atoms with Crippen LogP contribution in [0.25, 0.3) is 0 Å². The Hall–Kier alpha value is -1.64. The lowest BCUT2D eigenvalue weighted by atomic mass is 10.1. The van der Waals surface area contributed by atoms with Crippen LogP contribution in [0.2, 0.25) is 0 Å². The first-order valence-electron chi connectivity index (χ1n) is 7.74. The largest absolute Gasteiger partial charge is 0.484 e. The number of hydrogen-bond donors (Lipinski definition) is 1. The summed E-state index contributed by atoms with van der Waals surface area (Å²) in [5.74, 6) is 0.0167. The van der Waals surface area contributed by atoms with Gasteiger partial charge in [-0.1, -0.05) is 12.1 Å². The summed E-state index contributed by atoms with van der Waals surface area (Å²) in [6.07, 6.45) is 0. The second-order valence-electron chi connectivity index (χ2n) is 6.14. The molecular formula is C16H24N2O5S. The zero-order chi connectivity index (χ0) is 17.7. The van der Waals surface area contributed by atoms with Gasteiger partial charge in [-0.2, -0.15) is 0 Å². The summed E-state index contributed by atoms with van der Waals surface area (Å²) in [5.41, 5.74) is 1.05. The minimum Gasteiger partial charge on any atom is -0.484 e. The molecule has 0 saturated carbocycles. The smallest absolute Gasteiger partial charge is 0.258 e. The van der Waals surface area contributed by atoms with E-state index in [9.17, 15) is 13.2 Å². The SMILES string of the molecule is Cc1cccc(OCC(=O)N[C@H]2COC[C@H]2CS(=O)(=O)N(C)C)c1. The van der Waals surface area contributed by atoms with Crippen LogP contribution in [0, 0.1) is 12.8 Å². The van der Waals surface area contributed by atoms with Crippen LogP contribution in [0.5, 0.6) is 5.75 Å². The Labute approximate surface area is 143 Å². The van der Waals surface area contributed by atoms with Gasteiger partial charge in [-0.3, -0.25) is 4.79 Å². The van der Waals surface area contributed by atoms with E-state index < -0.39 is 10.0 Å². The fourth-order valence-electron chi connectivity index (χ4n) is 2.44. The molecule has 8 heteroatoms. The minimum atomic E-state index is -3.34. The molecule has 0 radical (unpaired) electrons. The molecular weight excluding hydrogens is 332 g/mol. The Kier molecular flexibility index (Phi) is 6.20. The van der Waals surface area contributed by atoms with Crippen LogP contribution in [0.1, 0.15) is 5.56 Å². The Morgan fingerprint density at radius 3 is 2.79 bits per heavy atom. The molecule has 2 atom stereocenters. The highest BCUT2D eigenvalue weighted by Gasteiger charge is 2.34. The van der Waals surface area contributed by atoms with Crippen molar-refractivity contribution in [3.05, 3.63) is 29.8 Å². The third kappa shape index (κ3) is 5.19. The molecule has 1 aromatic carbocycles. The van der Waals surface area contributed by atoms with Crippen molar-refractivity contribution in [1.29, 1.82) is 0 Å². The molecule has 1 aliphatic rings. The highest BCUT2D eigenvalue weighted by atomic mass is 32.2. The maximum Gasteiger partial charge on any atom is 0.258 e. The summed E-state index contributed by atoms with van der Waals surface area (Å²) in [6, 6.07) is 7.10. The number of nitrogens with one attached hydrogen (secondary N) is 1. The quantitative estimate of drug-likeness (QED) is 0.764. The van der Waals surface area contributed by atoms with Crippen molar-refractivity contribution < 1.29 is 22.7 Å². The topological polar surface area (TPSA) is 84.9 Å². The molecule has 0 spiro atoms. The van der Waals surface area contributed by atoms with E-state index in [1.165, 1.54) is 18.4 Å². The molecule has 1 saturated heterocycles. The van der Waals surface area contributed by atoms with E-state index in [-0.39, 0.29) is 30.2 Å². The number of ether oxygens (including phenoxy) is 2.